The average molecular weight is 157 g/mol. The fourth-order valence-corrected chi connectivity index (χ4v) is 1.88. The van der Waals surface area contributed by atoms with Gasteiger partial charge in [0, 0.05) is 12.6 Å². The molecule has 1 heterocycles. The van der Waals surface area contributed by atoms with Crippen molar-refractivity contribution in [2.75, 3.05) is 13.2 Å². The Bertz CT molecular complexity index is 108. The summed E-state index contributed by atoms with van der Waals surface area (Å²) < 4.78 is 0. The smallest absolute Gasteiger partial charge is 0.0476 e. The van der Waals surface area contributed by atoms with Crippen molar-refractivity contribution in [3.63, 3.8) is 0 Å². The molecule has 2 unspecified atom stereocenters. The molecule has 66 valence electrons. The van der Waals surface area contributed by atoms with Gasteiger partial charge in [-0.25, -0.2) is 0 Å². The van der Waals surface area contributed by atoms with Crippen LogP contribution in [0.4, 0.5) is 0 Å². The van der Waals surface area contributed by atoms with Gasteiger partial charge in [-0.3, -0.25) is 0 Å². The molecule has 0 amide bonds. The number of hydrogen-bond acceptors (Lipinski definition) is 2. The lowest BCUT2D eigenvalue weighted by molar-refractivity contribution is 0.158. The van der Waals surface area contributed by atoms with Crippen LogP contribution in [0.5, 0.6) is 0 Å². The first-order valence-corrected chi connectivity index (χ1v) is 4.60. The molecule has 0 aromatic carbocycles. The van der Waals surface area contributed by atoms with E-state index in [-0.39, 0.29) is 0 Å². The highest BCUT2D eigenvalue weighted by molar-refractivity contribution is 4.82. The lowest BCUT2D eigenvalue weighted by Gasteiger charge is -2.24. The highest BCUT2D eigenvalue weighted by Gasteiger charge is 2.25. The van der Waals surface area contributed by atoms with Crippen LogP contribution in [-0.4, -0.2) is 24.3 Å². The molecule has 0 aliphatic carbocycles. The van der Waals surface area contributed by atoms with Gasteiger partial charge >= 0.3 is 0 Å². The van der Waals surface area contributed by atoms with E-state index in [1.54, 1.807) is 0 Å². The Balaban J connectivity index is 2.40. The van der Waals surface area contributed by atoms with Crippen LogP contribution in [0.1, 0.15) is 26.7 Å². The lowest BCUT2D eigenvalue weighted by Crippen LogP contribution is -2.35. The van der Waals surface area contributed by atoms with Crippen molar-refractivity contribution in [3.8, 4) is 0 Å². The van der Waals surface area contributed by atoms with E-state index < -0.39 is 0 Å². The Morgan fingerprint density at radius 3 is 2.64 bits per heavy atom. The van der Waals surface area contributed by atoms with E-state index in [1.165, 1.54) is 12.8 Å². The van der Waals surface area contributed by atoms with Gasteiger partial charge in [0.05, 0.1) is 0 Å². The summed E-state index contributed by atoms with van der Waals surface area (Å²) in [6, 6.07) is 0.569. The van der Waals surface area contributed by atoms with E-state index in [1.807, 2.05) is 0 Å². The Kier molecular flexibility index (Phi) is 3.34. The molecule has 2 heteroatoms. The van der Waals surface area contributed by atoms with Crippen molar-refractivity contribution < 1.29 is 5.11 Å². The average Bonchev–Trinajstić information content (AvgIpc) is 2.40. The Labute approximate surface area is 69.0 Å². The molecule has 0 spiro atoms. The van der Waals surface area contributed by atoms with Crippen molar-refractivity contribution in [2.45, 2.75) is 32.7 Å². The summed E-state index contributed by atoms with van der Waals surface area (Å²) >= 11 is 0. The molecular formula is C9H19NO. The fraction of sp³-hybridized carbons (Fsp3) is 1.00. The second kappa shape index (κ2) is 4.07. The summed E-state index contributed by atoms with van der Waals surface area (Å²) in [4.78, 5) is 0. The normalized spacial score (nSPS) is 27.8. The molecule has 1 saturated heterocycles. The van der Waals surface area contributed by atoms with Crippen LogP contribution in [0, 0.1) is 11.8 Å². The third-order valence-electron chi connectivity index (χ3n) is 2.68. The van der Waals surface area contributed by atoms with Gasteiger partial charge < -0.3 is 10.4 Å². The maximum Gasteiger partial charge on any atom is 0.0476 e. The third kappa shape index (κ3) is 2.17. The fourth-order valence-electron chi connectivity index (χ4n) is 1.88. The number of nitrogens with one attached hydrogen (secondary N) is 1. The molecule has 1 aliphatic rings. The van der Waals surface area contributed by atoms with Crippen LogP contribution >= 0.6 is 0 Å². The van der Waals surface area contributed by atoms with Crippen molar-refractivity contribution in [2.24, 2.45) is 11.8 Å². The molecule has 0 bridgehead atoms. The molecule has 2 nitrogen and oxygen atoms in total. The maximum atomic E-state index is 9.12. The Morgan fingerprint density at radius 1 is 1.55 bits per heavy atom. The number of aliphatic hydroxyl groups excluding tert-OH is 1. The van der Waals surface area contributed by atoms with Gasteiger partial charge in [-0.2, -0.15) is 0 Å². The number of rotatable bonds is 3. The third-order valence-corrected chi connectivity index (χ3v) is 2.68. The van der Waals surface area contributed by atoms with E-state index in [4.69, 9.17) is 5.11 Å². The zero-order chi connectivity index (χ0) is 8.27. The lowest BCUT2D eigenvalue weighted by atomic mass is 9.88. The molecule has 1 fully saturated rings. The summed E-state index contributed by atoms with van der Waals surface area (Å²) in [6.07, 6.45) is 2.51. The van der Waals surface area contributed by atoms with Gasteiger partial charge in [-0.15, -0.1) is 0 Å². The molecule has 0 radical (unpaired) electrons. The van der Waals surface area contributed by atoms with Crippen LogP contribution in [0.3, 0.4) is 0 Å². The van der Waals surface area contributed by atoms with E-state index in [0.29, 0.717) is 24.5 Å². The predicted molar refractivity (Wildman–Crippen MR) is 46.4 cm³/mol. The minimum absolute atomic E-state index is 0.329. The standard InChI is InChI=1S/C9H19NO/c1-7(2)8(6-11)9-4-3-5-10-9/h7-11H,3-6H2,1-2H3. The van der Waals surface area contributed by atoms with E-state index in [2.05, 4.69) is 19.2 Å². The second-order valence-corrected chi connectivity index (χ2v) is 3.79. The summed E-state index contributed by atoms with van der Waals surface area (Å²) in [5, 5.41) is 12.5. The molecule has 11 heavy (non-hydrogen) atoms. The van der Waals surface area contributed by atoms with Crippen LogP contribution < -0.4 is 5.32 Å². The van der Waals surface area contributed by atoms with Crippen molar-refractivity contribution in [1.82, 2.24) is 5.32 Å². The second-order valence-electron chi connectivity index (χ2n) is 3.79. The minimum Gasteiger partial charge on any atom is -0.396 e. The van der Waals surface area contributed by atoms with Gasteiger partial charge in [0.25, 0.3) is 0 Å². The number of hydrogen-bond donors (Lipinski definition) is 2. The van der Waals surface area contributed by atoms with Crippen molar-refractivity contribution in [3.05, 3.63) is 0 Å². The molecule has 1 aliphatic heterocycles. The van der Waals surface area contributed by atoms with Crippen LogP contribution in [0.2, 0.25) is 0 Å². The molecule has 1 rings (SSSR count). The molecule has 0 saturated carbocycles. The van der Waals surface area contributed by atoms with Gasteiger partial charge in [0.1, 0.15) is 0 Å². The minimum atomic E-state index is 0.329. The first-order chi connectivity index (χ1) is 5.25. The van der Waals surface area contributed by atoms with Crippen LogP contribution in [0.25, 0.3) is 0 Å². The van der Waals surface area contributed by atoms with Crippen LogP contribution in [0.15, 0.2) is 0 Å². The van der Waals surface area contributed by atoms with Crippen molar-refractivity contribution in [1.29, 1.82) is 0 Å². The van der Waals surface area contributed by atoms with Gasteiger partial charge in [0.2, 0.25) is 0 Å². The molecule has 2 N–H and O–H groups in total. The first kappa shape index (κ1) is 9.01. The van der Waals surface area contributed by atoms with E-state index >= 15 is 0 Å². The summed E-state index contributed by atoms with van der Waals surface area (Å²) in [5.41, 5.74) is 0. The quantitative estimate of drug-likeness (QED) is 0.640. The summed E-state index contributed by atoms with van der Waals surface area (Å²) in [5.74, 6) is 1.05. The van der Waals surface area contributed by atoms with Crippen LogP contribution in [-0.2, 0) is 0 Å². The summed E-state index contributed by atoms with van der Waals surface area (Å²) in [6.45, 7) is 5.82. The zero-order valence-corrected chi connectivity index (χ0v) is 7.51. The van der Waals surface area contributed by atoms with Gasteiger partial charge in [-0.1, -0.05) is 13.8 Å². The monoisotopic (exact) mass is 157 g/mol. The van der Waals surface area contributed by atoms with Crippen molar-refractivity contribution >= 4 is 0 Å². The predicted octanol–water partition coefficient (Wildman–Crippen LogP) is 1.00. The molecular weight excluding hydrogens is 138 g/mol. The zero-order valence-electron chi connectivity index (χ0n) is 7.51. The molecule has 0 aromatic heterocycles. The first-order valence-electron chi connectivity index (χ1n) is 4.60. The highest BCUT2D eigenvalue weighted by atomic mass is 16.3. The Hall–Kier alpha value is -0.0800. The topological polar surface area (TPSA) is 32.3 Å². The largest absolute Gasteiger partial charge is 0.396 e. The SMILES string of the molecule is CC(C)C(CO)C1CCCN1. The summed E-state index contributed by atoms with van der Waals surface area (Å²) in [7, 11) is 0. The van der Waals surface area contributed by atoms with Gasteiger partial charge in [0.15, 0.2) is 0 Å². The molecule has 0 aromatic rings. The van der Waals surface area contributed by atoms with Gasteiger partial charge in [-0.05, 0) is 31.2 Å². The highest BCUT2D eigenvalue weighted by Crippen LogP contribution is 2.21. The Morgan fingerprint density at radius 2 is 2.27 bits per heavy atom. The van der Waals surface area contributed by atoms with E-state index in [0.717, 1.165) is 6.54 Å². The maximum absolute atomic E-state index is 9.12. The number of aliphatic hydroxyl groups is 1. The van der Waals surface area contributed by atoms with E-state index in [9.17, 15) is 0 Å². The molecule has 2 atom stereocenters.